The van der Waals surface area contributed by atoms with Crippen LogP contribution >= 0.6 is 0 Å². The van der Waals surface area contributed by atoms with E-state index in [4.69, 9.17) is 4.74 Å². The van der Waals surface area contributed by atoms with Crippen molar-refractivity contribution in [2.45, 2.75) is 12.5 Å². The zero-order valence-corrected chi connectivity index (χ0v) is 8.33. The number of ketones is 1. The van der Waals surface area contributed by atoms with Crippen molar-refractivity contribution in [2.24, 2.45) is 0 Å². The fraction of sp³-hybridized carbons (Fsp3) is 0.182. The Kier molecular flexibility index (Phi) is 2.68. The number of carbonyl (C=O) groups excluding carboxylic acids is 1. The average Bonchev–Trinajstić information content (AvgIpc) is 2.29. The standard InChI is InChI=1S/C11H9NO4/c13-10-5-6-16-11(7-10)8-1-3-9(4-2-8)12(14)15/h1-6,11H,7H2/t11-/m1/s1. The molecule has 0 aliphatic carbocycles. The van der Waals surface area contributed by atoms with Gasteiger partial charge in [0.05, 0.1) is 17.6 Å². The summed E-state index contributed by atoms with van der Waals surface area (Å²) in [5.41, 5.74) is 0.796. The number of non-ortho nitro benzene ring substituents is 1. The topological polar surface area (TPSA) is 69.4 Å². The molecule has 0 radical (unpaired) electrons. The fourth-order valence-corrected chi connectivity index (χ4v) is 1.52. The smallest absolute Gasteiger partial charge is 0.269 e. The summed E-state index contributed by atoms with van der Waals surface area (Å²) in [4.78, 5) is 21.1. The summed E-state index contributed by atoms with van der Waals surface area (Å²) in [6, 6.07) is 6.02. The molecule has 2 rings (SSSR count). The molecular formula is C11H9NO4. The SMILES string of the molecule is O=C1C=CO[C@@H](c2ccc([N+](=O)[O-])cc2)C1. The molecule has 0 fully saturated rings. The van der Waals surface area contributed by atoms with Crippen molar-refractivity contribution in [1.29, 1.82) is 0 Å². The second-order valence-corrected chi connectivity index (χ2v) is 3.45. The first-order chi connectivity index (χ1) is 7.66. The molecule has 0 aromatic heterocycles. The fourth-order valence-electron chi connectivity index (χ4n) is 1.52. The quantitative estimate of drug-likeness (QED) is 0.564. The number of hydrogen-bond acceptors (Lipinski definition) is 4. The van der Waals surface area contributed by atoms with E-state index in [9.17, 15) is 14.9 Å². The molecule has 1 heterocycles. The van der Waals surface area contributed by atoms with Gasteiger partial charge in [0.25, 0.3) is 5.69 Å². The van der Waals surface area contributed by atoms with Crippen LogP contribution < -0.4 is 0 Å². The first-order valence-electron chi connectivity index (χ1n) is 4.76. The van der Waals surface area contributed by atoms with E-state index in [0.29, 0.717) is 0 Å². The number of ether oxygens (including phenoxy) is 1. The van der Waals surface area contributed by atoms with Crippen LogP contribution in [0.3, 0.4) is 0 Å². The van der Waals surface area contributed by atoms with Crippen LogP contribution in [-0.2, 0) is 9.53 Å². The summed E-state index contributed by atoms with van der Waals surface area (Å²) in [5.74, 6) is -0.00500. The van der Waals surface area contributed by atoms with Crippen molar-refractivity contribution in [3.63, 3.8) is 0 Å². The monoisotopic (exact) mass is 219 g/mol. The molecule has 0 N–H and O–H groups in total. The van der Waals surface area contributed by atoms with Gasteiger partial charge < -0.3 is 4.74 Å². The van der Waals surface area contributed by atoms with Gasteiger partial charge in [-0.15, -0.1) is 0 Å². The van der Waals surface area contributed by atoms with Crippen LogP contribution in [-0.4, -0.2) is 10.7 Å². The highest BCUT2D eigenvalue weighted by atomic mass is 16.6. The normalized spacial score (nSPS) is 19.2. The van der Waals surface area contributed by atoms with Crippen molar-refractivity contribution in [3.8, 4) is 0 Å². The van der Waals surface area contributed by atoms with Crippen LogP contribution in [0.1, 0.15) is 18.1 Å². The second kappa shape index (κ2) is 4.14. The number of nitro benzene ring substituents is 1. The molecule has 1 aliphatic heterocycles. The van der Waals surface area contributed by atoms with E-state index in [1.165, 1.54) is 24.5 Å². The Morgan fingerprint density at radius 3 is 2.56 bits per heavy atom. The molecule has 5 nitrogen and oxygen atoms in total. The summed E-state index contributed by atoms with van der Waals surface area (Å²) < 4.78 is 5.26. The second-order valence-electron chi connectivity index (χ2n) is 3.45. The van der Waals surface area contributed by atoms with Crippen molar-refractivity contribution in [1.82, 2.24) is 0 Å². The molecule has 16 heavy (non-hydrogen) atoms. The molecule has 5 heteroatoms. The lowest BCUT2D eigenvalue weighted by molar-refractivity contribution is -0.384. The highest BCUT2D eigenvalue weighted by molar-refractivity contribution is 5.90. The summed E-state index contributed by atoms with van der Waals surface area (Å²) in [5, 5.41) is 10.4. The van der Waals surface area contributed by atoms with E-state index in [1.807, 2.05) is 0 Å². The number of hydrogen-bond donors (Lipinski definition) is 0. The van der Waals surface area contributed by atoms with E-state index in [1.54, 1.807) is 12.1 Å². The van der Waals surface area contributed by atoms with Crippen LogP contribution in [0.5, 0.6) is 0 Å². The van der Waals surface area contributed by atoms with Crippen LogP contribution in [0.25, 0.3) is 0 Å². The molecule has 0 amide bonds. The van der Waals surface area contributed by atoms with Crippen LogP contribution in [0.2, 0.25) is 0 Å². The summed E-state index contributed by atoms with van der Waals surface area (Å²) >= 11 is 0. The van der Waals surface area contributed by atoms with E-state index in [2.05, 4.69) is 0 Å². The summed E-state index contributed by atoms with van der Waals surface area (Å²) in [7, 11) is 0. The molecule has 1 aromatic carbocycles. The number of carbonyl (C=O) groups is 1. The highest BCUT2D eigenvalue weighted by Gasteiger charge is 2.19. The lowest BCUT2D eigenvalue weighted by Gasteiger charge is -2.18. The molecule has 0 bridgehead atoms. The molecule has 0 unspecified atom stereocenters. The van der Waals surface area contributed by atoms with Gasteiger partial charge in [-0.3, -0.25) is 14.9 Å². The minimum atomic E-state index is -0.462. The van der Waals surface area contributed by atoms with Gasteiger partial charge in [0.15, 0.2) is 5.78 Å². The Morgan fingerprint density at radius 2 is 2.00 bits per heavy atom. The number of rotatable bonds is 2. The third kappa shape index (κ3) is 2.08. The van der Waals surface area contributed by atoms with Crippen molar-refractivity contribution in [2.75, 3.05) is 0 Å². The molecular weight excluding hydrogens is 210 g/mol. The molecule has 1 aromatic rings. The van der Waals surface area contributed by atoms with Crippen molar-refractivity contribution < 1.29 is 14.5 Å². The van der Waals surface area contributed by atoms with Gasteiger partial charge in [-0.05, 0) is 17.7 Å². The number of nitro groups is 1. The van der Waals surface area contributed by atoms with Gasteiger partial charge in [-0.25, -0.2) is 0 Å². The third-order valence-electron chi connectivity index (χ3n) is 2.36. The predicted molar refractivity (Wildman–Crippen MR) is 55.7 cm³/mol. The largest absolute Gasteiger partial charge is 0.493 e. The summed E-state index contributed by atoms with van der Waals surface area (Å²) in [6.07, 6.45) is 2.67. The Bertz CT molecular complexity index is 450. The van der Waals surface area contributed by atoms with Gasteiger partial charge in [0, 0.05) is 18.2 Å². The minimum Gasteiger partial charge on any atom is -0.493 e. The molecule has 0 saturated heterocycles. The highest BCUT2D eigenvalue weighted by Crippen LogP contribution is 2.26. The number of benzene rings is 1. The lowest BCUT2D eigenvalue weighted by Crippen LogP contribution is -2.11. The molecule has 0 saturated carbocycles. The van der Waals surface area contributed by atoms with Crippen LogP contribution in [0.15, 0.2) is 36.6 Å². The van der Waals surface area contributed by atoms with Gasteiger partial charge in [-0.1, -0.05) is 0 Å². The van der Waals surface area contributed by atoms with Gasteiger partial charge in [-0.2, -0.15) is 0 Å². The number of nitrogens with zero attached hydrogens (tertiary/aromatic N) is 1. The van der Waals surface area contributed by atoms with E-state index >= 15 is 0 Å². The van der Waals surface area contributed by atoms with Crippen LogP contribution in [0.4, 0.5) is 5.69 Å². The minimum absolute atomic E-state index is 0.00500. The molecule has 82 valence electrons. The Morgan fingerprint density at radius 1 is 1.31 bits per heavy atom. The maximum absolute atomic E-state index is 11.1. The van der Waals surface area contributed by atoms with E-state index < -0.39 is 4.92 Å². The van der Waals surface area contributed by atoms with Crippen molar-refractivity contribution >= 4 is 11.5 Å². The van der Waals surface area contributed by atoms with Crippen molar-refractivity contribution in [3.05, 3.63) is 52.3 Å². The average molecular weight is 219 g/mol. The van der Waals surface area contributed by atoms with Gasteiger partial charge in [0.1, 0.15) is 6.10 Å². The Balaban J connectivity index is 2.19. The first-order valence-corrected chi connectivity index (χ1v) is 4.76. The van der Waals surface area contributed by atoms with Gasteiger partial charge in [0.2, 0.25) is 0 Å². The maximum atomic E-state index is 11.1. The summed E-state index contributed by atoms with van der Waals surface area (Å²) in [6.45, 7) is 0. The Hall–Kier alpha value is -2.17. The maximum Gasteiger partial charge on any atom is 0.269 e. The van der Waals surface area contributed by atoms with Crippen LogP contribution in [0, 0.1) is 10.1 Å². The predicted octanol–water partition coefficient (Wildman–Crippen LogP) is 2.14. The third-order valence-corrected chi connectivity index (χ3v) is 2.36. The molecule has 0 spiro atoms. The zero-order chi connectivity index (χ0) is 11.5. The Labute approximate surface area is 91.5 Å². The van der Waals surface area contributed by atoms with E-state index in [-0.39, 0.29) is 24.0 Å². The number of allylic oxidation sites excluding steroid dienone is 1. The zero-order valence-electron chi connectivity index (χ0n) is 8.33. The molecule has 1 aliphatic rings. The van der Waals surface area contributed by atoms with E-state index in [0.717, 1.165) is 5.56 Å². The molecule has 1 atom stereocenters. The lowest BCUT2D eigenvalue weighted by atomic mass is 10.0. The first kappa shape index (κ1) is 10.4. The van der Waals surface area contributed by atoms with Gasteiger partial charge >= 0.3 is 0 Å².